The first-order valence-corrected chi connectivity index (χ1v) is 7.01. The fraction of sp³-hybridized carbons (Fsp3) is 0.312. The second kappa shape index (κ2) is 4.95. The molecule has 3 rings (SSSR count). The molecule has 0 radical (unpaired) electrons. The van der Waals surface area contributed by atoms with E-state index in [0.29, 0.717) is 30.0 Å². The van der Waals surface area contributed by atoms with E-state index in [-0.39, 0.29) is 10.6 Å². The molecule has 0 saturated heterocycles. The summed E-state index contributed by atoms with van der Waals surface area (Å²) in [6, 6.07) is 5.11. The lowest BCUT2D eigenvalue weighted by atomic mass is 9.82. The van der Waals surface area contributed by atoms with Crippen LogP contribution in [0.25, 0.3) is 11.1 Å². The van der Waals surface area contributed by atoms with E-state index in [1.807, 2.05) is 0 Å². The van der Waals surface area contributed by atoms with Crippen molar-refractivity contribution < 1.29 is 13.5 Å². The Hall–Kier alpha value is -1.68. The van der Waals surface area contributed by atoms with Crippen molar-refractivity contribution in [2.75, 3.05) is 6.61 Å². The Morgan fingerprint density at radius 2 is 1.95 bits per heavy atom. The van der Waals surface area contributed by atoms with E-state index in [9.17, 15) is 8.78 Å². The Kier molecular flexibility index (Phi) is 3.36. The molecular formula is C16H14ClF2NO. The summed E-state index contributed by atoms with van der Waals surface area (Å²) in [4.78, 5) is 4.16. The molecule has 110 valence electrons. The minimum atomic E-state index is -0.622. The summed E-state index contributed by atoms with van der Waals surface area (Å²) in [7, 11) is 0. The SMILES string of the molecule is CC1(C)COc2nc(Cl)cc(-c3ccc(F)cc3F)c2C1. The zero-order valence-electron chi connectivity index (χ0n) is 11.7. The molecule has 1 aromatic carbocycles. The van der Waals surface area contributed by atoms with Crippen LogP contribution in [-0.4, -0.2) is 11.6 Å². The van der Waals surface area contributed by atoms with Crippen LogP contribution < -0.4 is 4.74 Å². The topological polar surface area (TPSA) is 22.1 Å². The molecule has 0 N–H and O–H groups in total. The number of rotatable bonds is 1. The van der Waals surface area contributed by atoms with Gasteiger partial charge in [-0.05, 0) is 30.2 Å². The third-order valence-electron chi connectivity index (χ3n) is 3.53. The molecule has 2 heterocycles. The predicted octanol–water partition coefficient (Wildman–Crippen LogP) is 4.64. The largest absolute Gasteiger partial charge is 0.477 e. The van der Waals surface area contributed by atoms with Crippen molar-refractivity contribution in [1.82, 2.24) is 4.98 Å². The van der Waals surface area contributed by atoms with E-state index in [1.54, 1.807) is 6.07 Å². The van der Waals surface area contributed by atoms with Gasteiger partial charge in [0.05, 0.1) is 6.61 Å². The fourth-order valence-electron chi connectivity index (χ4n) is 2.55. The van der Waals surface area contributed by atoms with Gasteiger partial charge in [-0.25, -0.2) is 13.8 Å². The summed E-state index contributed by atoms with van der Waals surface area (Å²) >= 11 is 6.00. The van der Waals surface area contributed by atoms with Crippen molar-refractivity contribution in [1.29, 1.82) is 0 Å². The molecule has 21 heavy (non-hydrogen) atoms. The minimum Gasteiger partial charge on any atom is -0.477 e. The standard InChI is InChI=1S/C16H14ClF2NO/c1-16(2)7-12-11(6-14(17)20-15(12)21-8-16)10-4-3-9(18)5-13(10)19/h3-6H,7-8H2,1-2H3. The van der Waals surface area contributed by atoms with E-state index >= 15 is 0 Å². The predicted molar refractivity (Wildman–Crippen MR) is 77.6 cm³/mol. The van der Waals surface area contributed by atoms with Gasteiger partial charge in [0.2, 0.25) is 5.88 Å². The Bertz CT molecular complexity index is 716. The molecule has 0 atom stereocenters. The lowest BCUT2D eigenvalue weighted by Gasteiger charge is -2.32. The van der Waals surface area contributed by atoms with Gasteiger partial charge in [-0.15, -0.1) is 0 Å². The van der Waals surface area contributed by atoms with Gasteiger partial charge in [-0.2, -0.15) is 0 Å². The van der Waals surface area contributed by atoms with E-state index < -0.39 is 11.6 Å². The van der Waals surface area contributed by atoms with Crippen LogP contribution >= 0.6 is 11.6 Å². The summed E-state index contributed by atoms with van der Waals surface area (Å²) in [5.74, 6) is -0.801. The van der Waals surface area contributed by atoms with Gasteiger partial charge < -0.3 is 4.74 Å². The van der Waals surface area contributed by atoms with Gasteiger partial charge in [0.25, 0.3) is 0 Å². The summed E-state index contributed by atoms with van der Waals surface area (Å²) in [6.07, 6.45) is 0.693. The Balaban J connectivity index is 2.21. The summed E-state index contributed by atoms with van der Waals surface area (Å²) in [6.45, 7) is 4.66. The first-order valence-electron chi connectivity index (χ1n) is 6.63. The summed E-state index contributed by atoms with van der Waals surface area (Å²) < 4.78 is 32.8. The maximum absolute atomic E-state index is 14.1. The molecule has 0 unspecified atom stereocenters. The van der Waals surface area contributed by atoms with Crippen LogP contribution in [0, 0.1) is 17.0 Å². The maximum atomic E-state index is 14.1. The highest BCUT2D eigenvalue weighted by Gasteiger charge is 2.30. The summed E-state index contributed by atoms with van der Waals surface area (Å²) in [5.41, 5.74) is 1.64. The van der Waals surface area contributed by atoms with Gasteiger partial charge in [0, 0.05) is 22.6 Å². The summed E-state index contributed by atoms with van der Waals surface area (Å²) in [5, 5.41) is 0.229. The lowest BCUT2D eigenvalue weighted by Crippen LogP contribution is -2.29. The van der Waals surface area contributed by atoms with Gasteiger partial charge in [-0.3, -0.25) is 0 Å². The molecule has 0 saturated carbocycles. The molecule has 1 aliphatic heterocycles. The van der Waals surface area contributed by atoms with Crippen LogP contribution in [-0.2, 0) is 6.42 Å². The molecule has 0 amide bonds. The number of aromatic nitrogens is 1. The molecule has 0 aliphatic carbocycles. The molecule has 0 spiro atoms. The zero-order chi connectivity index (χ0) is 15.2. The van der Waals surface area contributed by atoms with Gasteiger partial charge in [0.15, 0.2) is 0 Å². The van der Waals surface area contributed by atoms with E-state index in [2.05, 4.69) is 18.8 Å². The number of hydrogen-bond acceptors (Lipinski definition) is 2. The lowest BCUT2D eigenvalue weighted by molar-refractivity contribution is 0.149. The highest BCUT2D eigenvalue weighted by Crippen LogP contribution is 2.40. The van der Waals surface area contributed by atoms with Crippen LogP contribution in [0.2, 0.25) is 5.15 Å². The number of nitrogens with zero attached hydrogens (tertiary/aromatic N) is 1. The first kappa shape index (κ1) is 14.3. The number of halogens is 3. The molecule has 1 aliphatic rings. The van der Waals surface area contributed by atoms with Crippen molar-refractivity contribution in [3.63, 3.8) is 0 Å². The number of benzene rings is 1. The Morgan fingerprint density at radius 3 is 2.67 bits per heavy atom. The first-order chi connectivity index (χ1) is 9.85. The molecular weight excluding hydrogens is 296 g/mol. The molecule has 2 aromatic rings. The van der Waals surface area contributed by atoms with Gasteiger partial charge in [-0.1, -0.05) is 25.4 Å². The second-order valence-corrected chi connectivity index (χ2v) is 6.42. The van der Waals surface area contributed by atoms with Gasteiger partial charge >= 0.3 is 0 Å². The minimum absolute atomic E-state index is 0.0756. The van der Waals surface area contributed by atoms with Crippen molar-refractivity contribution in [2.45, 2.75) is 20.3 Å². The zero-order valence-corrected chi connectivity index (χ0v) is 12.5. The second-order valence-electron chi connectivity index (χ2n) is 6.03. The fourth-order valence-corrected chi connectivity index (χ4v) is 2.74. The number of fused-ring (bicyclic) bond motifs is 1. The number of hydrogen-bond donors (Lipinski definition) is 0. The molecule has 5 heteroatoms. The van der Waals surface area contributed by atoms with Crippen LogP contribution in [0.1, 0.15) is 19.4 Å². The van der Waals surface area contributed by atoms with Crippen LogP contribution in [0.5, 0.6) is 5.88 Å². The highest BCUT2D eigenvalue weighted by molar-refractivity contribution is 6.29. The van der Waals surface area contributed by atoms with Crippen molar-refractivity contribution in [3.8, 4) is 17.0 Å². The molecule has 0 bridgehead atoms. The van der Waals surface area contributed by atoms with Crippen molar-refractivity contribution in [3.05, 3.63) is 46.6 Å². The normalized spacial score (nSPS) is 16.2. The number of pyridine rings is 1. The van der Waals surface area contributed by atoms with Crippen LogP contribution in [0.3, 0.4) is 0 Å². The van der Waals surface area contributed by atoms with E-state index in [0.717, 1.165) is 11.6 Å². The smallest absolute Gasteiger partial charge is 0.218 e. The Morgan fingerprint density at radius 1 is 1.19 bits per heavy atom. The average Bonchev–Trinajstić information content (AvgIpc) is 2.38. The highest BCUT2D eigenvalue weighted by atomic mass is 35.5. The average molecular weight is 310 g/mol. The quantitative estimate of drug-likeness (QED) is 0.716. The Labute approximate surface area is 126 Å². The third kappa shape index (κ3) is 2.72. The van der Waals surface area contributed by atoms with Crippen LogP contribution in [0.15, 0.2) is 24.3 Å². The monoisotopic (exact) mass is 309 g/mol. The van der Waals surface area contributed by atoms with Crippen molar-refractivity contribution >= 4 is 11.6 Å². The molecule has 1 aromatic heterocycles. The van der Waals surface area contributed by atoms with Crippen molar-refractivity contribution in [2.24, 2.45) is 5.41 Å². The van der Waals surface area contributed by atoms with E-state index in [1.165, 1.54) is 12.1 Å². The number of ether oxygens (including phenoxy) is 1. The van der Waals surface area contributed by atoms with Crippen LogP contribution in [0.4, 0.5) is 8.78 Å². The van der Waals surface area contributed by atoms with Gasteiger partial charge in [0.1, 0.15) is 16.8 Å². The maximum Gasteiger partial charge on any atom is 0.218 e. The third-order valence-corrected chi connectivity index (χ3v) is 3.72. The molecule has 0 fully saturated rings. The van der Waals surface area contributed by atoms with E-state index in [4.69, 9.17) is 16.3 Å². The molecule has 2 nitrogen and oxygen atoms in total.